The summed E-state index contributed by atoms with van der Waals surface area (Å²) in [5.74, 6) is -0.962. The summed E-state index contributed by atoms with van der Waals surface area (Å²) in [6.07, 6.45) is 0. The van der Waals surface area contributed by atoms with Gasteiger partial charge in [-0.15, -0.1) is 11.3 Å². The van der Waals surface area contributed by atoms with Crippen molar-refractivity contribution in [3.8, 4) is 0 Å². The molecule has 0 unspecified atom stereocenters. The van der Waals surface area contributed by atoms with Gasteiger partial charge in [-0.2, -0.15) is 4.31 Å². The van der Waals surface area contributed by atoms with Crippen LogP contribution in [0.15, 0.2) is 77.7 Å². The number of benzene rings is 3. The second-order valence-corrected chi connectivity index (χ2v) is 11.7. The van der Waals surface area contributed by atoms with Crippen LogP contribution in [-0.4, -0.2) is 38.3 Å². The number of nitrogens with one attached hydrogen (secondary N) is 1. The molecule has 7 nitrogen and oxygen atoms in total. The number of hydrogen-bond donors (Lipinski definition) is 1. The van der Waals surface area contributed by atoms with Gasteiger partial charge >= 0.3 is 5.97 Å². The van der Waals surface area contributed by atoms with Gasteiger partial charge in [0, 0.05) is 27.0 Å². The molecule has 0 saturated heterocycles. The molecule has 1 amide bonds. The zero-order chi connectivity index (χ0) is 25.9. The summed E-state index contributed by atoms with van der Waals surface area (Å²) < 4.78 is 33.5. The molecular formula is C25H20Cl2N2O5S2. The maximum Gasteiger partial charge on any atom is 0.348 e. The number of thiophene rings is 1. The minimum Gasteiger partial charge on any atom is -0.465 e. The molecule has 0 atom stereocenters. The number of hydrogen-bond acceptors (Lipinski definition) is 6. The summed E-state index contributed by atoms with van der Waals surface area (Å²) in [6.45, 7) is -0.468. The Morgan fingerprint density at radius 1 is 0.944 bits per heavy atom. The summed E-state index contributed by atoms with van der Waals surface area (Å²) in [6, 6.07) is 19.3. The van der Waals surface area contributed by atoms with Crippen LogP contribution in [0.3, 0.4) is 0 Å². The van der Waals surface area contributed by atoms with Crippen molar-refractivity contribution in [1.82, 2.24) is 4.31 Å². The number of methoxy groups -OCH3 is 1. The zero-order valence-electron chi connectivity index (χ0n) is 18.9. The fourth-order valence-electron chi connectivity index (χ4n) is 3.46. The van der Waals surface area contributed by atoms with Crippen molar-refractivity contribution in [1.29, 1.82) is 0 Å². The van der Waals surface area contributed by atoms with E-state index in [1.165, 1.54) is 42.7 Å². The van der Waals surface area contributed by atoms with Gasteiger partial charge in [0.2, 0.25) is 15.9 Å². The lowest BCUT2D eigenvalue weighted by atomic mass is 10.2. The Kier molecular flexibility index (Phi) is 7.97. The van der Waals surface area contributed by atoms with Crippen molar-refractivity contribution in [2.24, 2.45) is 0 Å². The molecule has 0 aliphatic carbocycles. The minimum atomic E-state index is -4.03. The molecule has 0 fully saturated rings. The monoisotopic (exact) mass is 562 g/mol. The van der Waals surface area contributed by atoms with Crippen LogP contribution in [-0.2, 0) is 26.1 Å². The largest absolute Gasteiger partial charge is 0.465 e. The Morgan fingerprint density at radius 3 is 2.22 bits per heavy atom. The average molecular weight is 563 g/mol. The number of amides is 1. The molecule has 4 aromatic rings. The van der Waals surface area contributed by atoms with Crippen LogP contribution in [0.25, 0.3) is 10.1 Å². The van der Waals surface area contributed by atoms with Gasteiger partial charge in [-0.05, 0) is 71.6 Å². The van der Waals surface area contributed by atoms with Crippen LogP contribution >= 0.6 is 34.5 Å². The minimum absolute atomic E-state index is 0.0173. The summed E-state index contributed by atoms with van der Waals surface area (Å²) in [5, 5.41) is 4.42. The average Bonchev–Trinajstić information content (AvgIpc) is 3.28. The summed E-state index contributed by atoms with van der Waals surface area (Å²) in [7, 11) is -2.71. The van der Waals surface area contributed by atoms with E-state index >= 15 is 0 Å². The molecule has 0 aliphatic rings. The quantitative estimate of drug-likeness (QED) is 0.273. The van der Waals surface area contributed by atoms with Crippen molar-refractivity contribution < 1.29 is 22.7 Å². The Hall–Kier alpha value is -2.95. The van der Waals surface area contributed by atoms with Gasteiger partial charge in [-0.3, -0.25) is 4.79 Å². The molecule has 1 aromatic heterocycles. The lowest BCUT2D eigenvalue weighted by Gasteiger charge is -2.22. The lowest BCUT2D eigenvalue weighted by molar-refractivity contribution is -0.116. The van der Waals surface area contributed by atoms with E-state index in [1.54, 1.807) is 48.5 Å². The van der Waals surface area contributed by atoms with Crippen molar-refractivity contribution >= 4 is 72.2 Å². The standard InChI is InChI=1S/C25H20Cl2N2O5S2/c1-34-25(31)23-13-17-12-20(8-11-22(17)35-23)28-24(30)15-29(14-16-2-4-18(26)5-3-16)36(32,33)21-9-6-19(27)7-10-21/h2-13H,14-15H2,1H3,(H,28,30). The number of sulfonamides is 1. The van der Waals surface area contributed by atoms with Gasteiger partial charge in [0.1, 0.15) is 4.88 Å². The molecule has 0 radical (unpaired) electrons. The third-order valence-electron chi connectivity index (χ3n) is 5.23. The maximum absolute atomic E-state index is 13.4. The molecule has 36 heavy (non-hydrogen) atoms. The maximum atomic E-state index is 13.4. The Labute approximate surface area is 222 Å². The van der Waals surface area contributed by atoms with E-state index in [4.69, 9.17) is 27.9 Å². The van der Waals surface area contributed by atoms with E-state index in [1.807, 2.05) is 0 Å². The van der Waals surface area contributed by atoms with Crippen LogP contribution in [0.4, 0.5) is 5.69 Å². The first-order valence-corrected chi connectivity index (χ1v) is 13.6. The first-order chi connectivity index (χ1) is 17.2. The molecule has 0 spiro atoms. The second-order valence-electron chi connectivity index (χ2n) is 7.76. The molecule has 3 aromatic carbocycles. The summed E-state index contributed by atoms with van der Waals surface area (Å²) in [5.41, 5.74) is 1.14. The van der Waals surface area contributed by atoms with Gasteiger partial charge in [0.05, 0.1) is 18.6 Å². The van der Waals surface area contributed by atoms with Crippen LogP contribution in [0, 0.1) is 0 Å². The molecule has 0 saturated carbocycles. The predicted molar refractivity (Wildman–Crippen MR) is 142 cm³/mol. The number of halogens is 2. The number of ether oxygens (including phenoxy) is 1. The molecule has 0 bridgehead atoms. The molecule has 1 heterocycles. The first kappa shape index (κ1) is 26.1. The van der Waals surface area contributed by atoms with Crippen LogP contribution in [0.1, 0.15) is 15.2 Å². The fraction of sp³-hybridized carbons (Fsp3) is 0.120. The highest BCUT2D eigenvalue weighted by atomic mass is 35.5. The number of carbonyl (C=O) groups excluding carboxylic acids is 2. The Balaban J connectivity index is 1.57. The van der Waals surface area contributed by atoms with E-state index in [0.29, 0.717) is 26.2 Å². The normalized spacial score (nSPS) is 11.6. The van der Waals surface area contributed by atoms with Gasteiger partial charge in [0.15, 0.2) is 0 Å². The van der Waals surface area contributed by atoms with Crippen molar-refractivity contribution in [2.75, 3.05) is 19.0 Å². The lowest BCUT2D eigenvalue weighted by Crippen LogP contribution is -2.37. The molecule has 186 valence electrons. The highest BCUT2D eigenvalue weighted by Gasteiger charge is 2.27. The van der Waals surface area contributed by atoms with Gasteiger partial charge in [0.25, 0.3) is 0 Å². The van der Waals surface area contributed by atoms with Crippen molar-refractivity contribution in [3.63, 3.8) is 0 Å². The first-order valence-electron chi connectivity index (χ1n) is 10.6. The third kappa shape index (κ3) is 6.05. The smallest absolute Gasteiger partial charge is 0.348 e. The fourth-order valence-corrected chi connectivity index (χ4v) is 6.06. The molecule has 11 heteroatoms. The molecule has 4 rings (SSSR count). The van der Waals surface area contributed by atoms with E-state index in [0.717, 1.165) is 14.4 Å². The summed E-state index contributed by atoms with van der Waals surface area (Å²) >= 11 is 13.2. The second kappa shape index (κ2) is 11.0. The van der Waals surface area contributed by atoms with Crippen LogP contribution < -0.4 is 5.32 Å². The topological polar surface area (TPSA) is 92.8 Å². The van der Waals surface area contributed by atoms with E-state index < -0.39 is 28.4 Å². The van der Waals surface area contributed by atoms with Crippen LogP contribution in [0.5, 0.6) is 0 Å². The van der Waals surface area contributed by atoms with E-state index in [-0.39, 0.29) is 11.4 Å². The number of anilines is 1. The highest BCUT2D eigenvalue weighted by Crippen LogP contribution is 2.29. The van der Waals surface area contributed by atoms with Crippen molar-refractivity contribution in [3.05, 3.63) is 93.3 Å². The zero-order valence-corrected chi connectivity index (χ0v) is 22.0. The highest BCUT2D eigenvalue weighted by molar-refractivity contribution is 7.89. The predicted octanol–water partition coefficient (Wildman–Crippen LogP) is 5.82. The van der Waals surface area contributed by atoms with Crippen LogP contribution in [0.2, 0.25) is 10.0 Å². The molecule has 1 N–H and O–H groups in total. The van der Waals surface area contributed by atoms with Gasteiger partial charge < -0.3 is 10.1 Å². The Morgan fingerprint density at radius 2 is 1.58 bits per heavy atom. The van der Waals surface area contributed by atoms with E-state index in [9.17, 15) is 18.0 Å². The molecule has 0 aliphatic heterocycles. The molecular weight excluding hydrogens is 543 g/mol. The summed E-state index contributed by atoms with van der Waals surface area (Å²) in [4.78, 5) is 25.2. The number of esters is 1. The van der Waals surface area contributed by atoms with Gasteiger partial charge in [-0.1, -0.05) is 35.3 Å². The van der Waals surface area contributed by atoms with Gasteiger partial charge in [-0.25, -0.2) is 13.2 Å². The number of rotatable bonds is 8. The van der Waals surface area contributed by atoms with E-state index in [2.05, 4.69) is 5.32 Å². The Bertz CT molecular complexity index is 1520. The number of carbonyl (C=O) groups is 2. The third-order valence-corrected chi connectivity index (χ3v) is 8.64. The SMILES string of the molecule is COC(=O)c1cc2cc(NC(=O)CN(Cc3ccc(Cl)cc3)S(=O)(=O)c3ccc(Cl)cc3)ccc2s1. The number of nitrogens with zero attached hydrogens (tertiary/aromatic N) is 1. The number of fused-ring (bicyclic) bond motifs is 1. The van der Waals surface area contributed by atoms with Crippen molar-refractivity contribution in [2.45, 2.75) is 11.4 Å².